The summed E-state index contributed by atoms with van der Waals surface area (Å²) in [7, 11) is 0. The van der Waals surface area contributed by atoms with E-state index < -0.39 is 0 Å². The zero-order chi connectivity index (χ0) is 14.7. The van der Waals surface area contributed by atoms with Crippen molar-refractivity contribution < 1.29 is 9.26 Å². The number of likely N-dealkylation sites (tertiary alicyclic amines) is 1. The summed E-state index contributed by atoms with van der Waals surface area (Å²) in [6.45, 7) is 11.1. The molecule has 2 aliphatic heterocycles. The zero-order valence-corrected chi connectivity index (χ0v) is 13.1. The Morgan fingerprint density at radius 2 is 1.86 bits per heavy atom. The Morgan fingerprint density at radius 3 is 2.52 bits per heavy atom. The second-order valence-corrected chi connectivity index (χ2v) is 6.34. The molecule has 0 unspecified atom stereocenters. The van der Waals surface area contributed by atoms with Crippen LogP contribution in [0.4, 0.5) is 0 Å². The van der Waals surface area contributed by atoms with Gasteiger partial charge in [0.1, 0.15) is 0 Å². The lowest BCUT2D eigenvalue weighted by atomic mass is 9.96. The normalized spacial score (nSPS) is 23.0. The molecule has 118 valence electrons. The highest BCUT2D eigenvalue weighted by Crippen LogP contribution is 2.27. The Kier molecular flexibility index (Phi) is 4.87. The molecule has 2 aliphatic rings. The smallest absolute Gasteiger partial charge is 0.229 e. The van der Waals surface area contributed by atoms with Crippen molar-refractivity contribution in [1.82, 2.24) is 19.9 Å². The van der Waals surface area contributed by atoms with E-state index in [-0.39, 0.29) is 0 Å². The average Bonchev–Trinajstić information content (AvgIpc) is 2.97. The molecule has 0 bridgehead atoms. The van der Waals surface area contributed by atoms with Gasteiger partial charge in [-0.05, 0) is 39.8 Å². The lowest BCUT2D eigenvalue weighted by Gasteiger charge is -2.33. The van der Waals surface area contributed by atoms with Crippen LogP contribution in [0.2, 0.25) is 0 Å². The minimum absolute atomic E-state index is 0.436. The summed E-state index contributed by atoms with van der Waals surface area (Å²) < 4.78 is 10.9. The molecule has 0 aliphatic carbocycles. The molecule has 3 heterocycles. The minimum atomic E-state index is 0.436. The van der Waals surface area contributed by atoms with Crippen LogP contribution in [0.25, 0.3) is 0 Å². The SMILES string of the molecule is CC(C)N1CCC(c2nc(CN3CCOCC3)no2)CC1. The number of piperidine rings is 1. The first kappa shape index (κ1) is 14.9. The van der Waals surface area contributed by atoms with E-state index in [4.69, 9.17) is 9.26 Å². The van der Waals surface area contributed by atoms with Gasteiger partial charge in [-0.2, -0.15) is 4.98 Å². The Labute approximate surface area is 126 Å². The molecule has 2 fully saturated rings. The predicted octanol–water partition coefficient (Wildman–Crippen LogP) is 1.49. The number of aromatic nitrogens is 2. The summed E-state index contributed by atoms with van der Waals surface area (Å²) >= 11 is 0. The lowest BCUT2D eigenvalue weighted by Crippen LogP contribution is -2.38. The van der Waals surface area contributed by atoms with Crippen molar-refractivity contribution in [1.29, 1.82) is 0 Å². The summed E-state index contributed by atoms with van der Waals surface area (Å²) in [6, 6.07) is 0.630. The standard InChI is InChI=1S/C15H26N4O2/c1-12(2)19-5-3-13(4-6-19)15-16-14(17-21-15)11-18-7-9-20-10-8-18/h12-13H,3-11H2,1-2H3. The highest BCUT2D eigenvalue weighted by atomic mass is 16.5. The van der Waals surface area contributed by atoms with Gasteiger partial charge < -0.3 is 14.2 Å². The maximum Gasteiger partial charge on any atom is 0.229 e. The van der Waals surface area contributed by atoms with Gasteiger partial charge in [0.15, 0.2) is 5.82 Å². The molecule has 1 aromatic heterocycles. The van der Waals surface area contributed by atoms with Gasteiger partial charge in [0.25, 0.3) is 0 Å². The van der Waals surface area contributed by atoms with E-state index in [2.05, 4.69) is 33.8 Å². The largest absolute Gasteiger partial charge is 0.379 e. The number of rotatable bonds is 4. The van der Waals surface area contributed by atoms with Gasteiger partial charge in [-0.3, -0.25) is 4.90 Å². The van der Waals surface area contributed by atoms with Crippen LogP contribution < -0.4 is 0 Å². The first-order valence-electron chi connectivity index (χ1n) is 8.09. The van der Waals surface area contributed by atoms with Crippen LogP contribution in [-0.2, 0) is 11.3 Å². The van der Waals surface area contributed by atoms with E-state index >= 15 is 0 Å². The number of hydrogen-bond donors (Lipinski definition) is 0. The Bertz CT molecular complexity index is 435. The van der Waals surface area contributed by atoms with Crippen molar-refractivity contribution in [2.75, 3.05) is 39.4 Å². The van der Waals surface area contributed by atoms with Gasteiger partial charge in [-0.15, -0.1) is 0 Å². The second-order valence-electron chi connectivity index (χ2n) is 6.34. The van der Waals surface area contributed by atoms with Crippen molar-refractivity contribution in [3.63, 3.8) is 0 Å². The number of morpholine rings is 1. The molecule has 0 aromatic carbocycles. The highest BCUT2D eigenvalue weighted by molar-refractivity contribution is 4.97. The molecular formula is C15H26N4O2. The van der Waals surface area contributed by atoms with Crippen molar-refractivity contribution in [3.8, 4) is 0 Å². The molecule has 1 aromatic rings. The molecular weight excluding hydrogens is 268 g/mol. The van der Waals surface area contributed by atoms with Gasteiger partial charge in [-0.1, -0.05) is 5.16 Å². The molecule has 0 spiro atoms. The van der Waals surface area contributed by atoms with Crippen LogP contribution in [0.15, 0.2) is 4.52 Å². The summed E-state index contributed by atoms with van der Waals surface area (Å²) in [5.74, 6) is 2.09. The van der Waals surface area contributed by atoms with Crippen molar-refractivity contribution in [2.24, 2.45) is 0 Å². The summed E-state index contributed by atoms with van der Waals surface area (Å²) in [4.78, 5) is 9.45. The number of hydrogen-bond acceptors (Lipinski definition) is 6. The maximum absolute atomic E-state index is 5.50. The third-order valence-corrected chi connectivity index (χ3v) is 4.56. The van der Waals surface area contributed by atoms with E-state index in [1.807, 2.05) is 0 Å². The summed E-state index contributed by atoms with van der Waals surface area (Å²) in [5, 5.41) is 4.16. The fourth-order valence-corrected chi connectivity index (χ4v) is 3.12. The fourth-order valence-electron chi connectivity index (χ4n) is 3.12. The molecule has 0 radical (unpaired) electrons. The summed E-state index contributed by atoms with van der Waals surface area (Å²) in [5.41, 5.74) is 0. The van der Waals surface area contributed by atoms with Crippen LogP contribution in [0, 0.1) is 0 Å². The van der Waals surface area contributed by atoms with E-state index in [9.17, 15) is 0 Å². The second kappa shape index (κ2) is 6.85. The van der Waals surface area contributed by atoms with Crippen LogP contribution in [0.5, 0.6) is 0 Å². The fraction of sp³-hybridized carbons (Fsp3) is 0.867. The average molecular weight is 294 g/mol. The topological polar surface area (TPSA) is 54.6 Å². The van der Waals surface area contributed by atoms with Crippen LogP contribution in [0.3, 0.4) is 0 Å². The van der Waals surface area contributed by atoms with Gasteiger partial charge in [0, 0.05) is 25.0 Å². The Morgan fingerprint density at radius 1 is 1.14 bits per heavy atom. The molecule has 0 N–H and O–H groups in total. The quantitative estimate of drug-likeness (QED) is 0.838. The monoisotopic (exact) mass is 294 g/mol. The summed E-state index contributed by atoms with van der Waals surface area (Å²) in [6.07, 6.45) is 2.24. The first-order chi connectivity index (χ1) is 10.2. The maximum atomic E-state index is 5.50. The molecule has 0 amide bonds. The number of ether oxygens (including phenoxy) is 1. The first-order valence-corrected chi connectivity index (χ1v) is 8.09. The predicted molar refractivity (Wildman–Crippen MR) is 79.1 cm³/mol. The van der Waals surface area contributed by atoms with Crippen LogP contribution >= 0.6 is 0 Å². The third-order valence-electron chi connectivity index (χ3n) is 4.56. The molecule has 0 saturated carbocycles. The van der Waals surface area contributed by atoms with E-state index in [1.54, 1.807) is 0 Å². The third kappa shape index (κ3) is 3.81. The molecule has 2 saturated heterocycles. The van der Waals surface area contributed by atoms with Crippen molar-refractivity contribution in [2.45, 2.75) is 45.2 Å². The lowest BCUT2D eigenvalue weighted by molar-refractivity contribution is 0.0327. The van der Waals surface area contributed by atoms with Gasteiger partial charge >= 0.3 is 0 Å². The highest BCUT2D eigenvalue weighted by Gasteiger charge is 2.26. The Hall–Kier alpha value is -0.980. The van der Waals surface area contributed by atoms with Crippen LogP contribution in [0.1, 0.15) is 44.3 Å². The van der Waals surface area contributed by atoms with Crippen LogP contribution in [-0.4, -0.2) is 65.4 Å². The molecule has 3 rings (SSSR count). The zero-order valence-electron chi connectivity index (χ0n) is 13.1. The van der Waals surface area contributed by atoms with Gasteiger partial charge in [0.05, 0.1) is 19.8 Å². The molecule has 0 atom stereocenters. The minimum Gasteiger partial charge on any atom is -0.379 e. The molecule has 6 nitrogen and oxygen atoms in total. The molecule has 21 heavy (non-hydrogen) atoms. The Balaban J connectivity index is 1.53. The molecule has 6 heteroatoms. The van der Waals surface area contributed by atoms with Crippen molar-refractivity contribution >= 4 is 0 Å². The van der Waals surface area contributed by atoms with E-state index in [0.717, 1.165) is 70.5 Å². The van der Waals surface area contributed by atoms with Gasteiger partial charge in [0.2, 0.25) is 5.89 Å². The van der Waals surface area contributed by atoms with E-state index in [0.29, 0.717) is 12.0 Å². The van der Waals surface area contributed by atoms with Crippen molar-refractivity contribution in [3.05, 3.63) is 11.7 Å². The van der Waals surface area contributed by atoms with Gasteiger partial charge in [-0.25, -0.2) is 0 Å². The van der Waals surface area contributed by atoms with E-state index in [1.165, 1.54) is 0 Å². The number of nitrogens with zero attached hydrogens (tertiary/aromatic N) is 4.